The maximum Gasteiger partial charge on any atom is 0.261 e. The predicted molar refractivity (Wildman–Crippen MR) is 307 cm³/mol. The number of ether oxygens (including phenoxy) is 2. The number of rotatable bonds is 32. The molecule has 2 aliphatic heterocycles. The molecule has 0 fully saturated rings. The first-order chi connectivity index (χ1) is 35.2. The van der Waals surface area contributed by atoms with Crippen LogP contribution in [0.1, 0.15) is 171 Å². The van der Waals surface area contributed by atoms with Crippen LogP contribution in [-0.4, -0.2) is 61.1 Å². The molecule has 7 heterocycles. The number of carbonyl (C=O) groups is 2. The molecule has 0 aromatic carbocycles. The van der Waals surface area contributed by atoms with Gasteiger partial charge in [-0.3, -0.25) is 9.59 Å². The van der Waals surface area contributed by atoms with Crippen molar-refractivity contribution in [2.45, 2.75) is 165 Å². The van der Waals surface area contributed by atoms with Crippen molar-refractivity contribution in [1.29, 1.82) is 0 Å². The Labute approximate surface area is 450 Å². The molecule has 5 aromatic rings. The summed E-state index contributed by atoms with van der Waals surface area (Å²) < 4.78 is 25.5. The van der Waals surface area contributed by atoms with E-state index in [0.717, 1.165) is 82.4 Å². The fraction of sp³-hybridized carbons (Fsp3) is 0.581. The molecular formula is C62H86N2O6S3. The van der Waals surface area contributed by atoms with E-state index in [1.807, 2.05) is 17.0 Å². The summed E-state index contributed by atoms with van der Waals surface area (Å²) in [7, 11) is 0. The van der Waals surface area contributed by atoms with Gasteiger partial charge in [0.25, 0.3) is 11.8 Å². The van der Waals surface area contributed by atoms with Crippen molar-refractivity contribution in [3.8, 4) is 40.8 Å². The average Bonchev–Trinajstić information content (AvgIpc) is 4.24. The molecule has 398 valence electrons. The number of fused-ring (bicyclic) bond motifs is 1. The lowest BCUT2D eigenvalue weighted by Crippen LogP contribution is -2.33. The number of hydrogen-bond acceptors (Lipinski definition) is 9. The first-order valence-electron chi connectivity index (χ1n) is 28.0. The zero-order valence-electron chi connectivity index (χ0n) is 46.2. The molecule has 0 saturated carbocycles. The minimum Gasteiger partial charge on any atom is -0.460 e. The van der Waals surface area contributed by atoms with Gasteiger partial charge < -0.3 is 28.1 Å². The van der Waals surface area contributed by atoms with Gasteiger partial charge in [0.05, 0.1) is 20.9 Å². The second-order valence-electron chi connectivity index (χ2n) is 22.2. The molecule has 2 amide bonds. The summed E-state index contributed by atoms with van der Waals surface area (Å²) >= 11 is 5.24. The number of allylic oxidation sites excluding steroid dienone is 1. The van der Waals surface area contributed by atoms with Gasteiger partial charge in [-0.1, -0.05) is 115 Å². The van der Waals surface area contributed by atoms with E-state index in [-0.39, 0.29) is 23.1 Å². The summed E-state index contributed by atoms with van der Waals surface area (Å²) in [6.07, 6.45) is 13.8. The molecule has 11 heteroatoms. The molecule has 3 atom stereocenters. The van der Waals surface area contributed by atoms with Gasteiger partial charge in [-0.15, -0.1) is 34.0 Å². The summed E-state index contributed by atoms with van der Waals surface area (Å²) in [6, 6.07) is 21.3. The largest absolute Gasteiger partial charge is 0.460 e. The van der Waals surface area contributed by atoms with E-state index in [0.29, 0.717) is 86.0 Å². The van der Waals surface area contributed by atoms with E-state index in [1.165, 1.54) is 53.2 Å². The molecule has 0 saturated heterocycles. The van der Waals surface area contributed by atoms with E-state index < -0.39 is 0 Å². The fourth-order valence-electron chi connectivity index (χ4n) is 10.1. The Bertz CT molecular complexity index is 2610. The van der Waals surface area contributed by atoms with Crippen LogP contribution < -0.4 is 0 Å². The molecule has 0 N–H and O–H groups in total. The standard InChI is InChI=1S/C62H86N2O6S3/c1-12-45(10)58-56-57(61(66)63(58)35-17-37-67-39-33-43(8)21-15-19-41(4)5)59(64(60(56)65)36-18-38-68-40-34-44(9)22-16-20-42(6)7)48-24-23-46(69-48)49-26-28-51(71-49)53-30-31-54(73-53)52-29-27-50(72-52)47-25-32-55(70-47)62(11,13-2)14-3/h23-32,41-45H,12-22,33-40H2,1-11H3/t43-,44?,45?/m0/s1. The van der Waals surface area contributed by atoms with E-state index in [1.54, 1.807) is 38.9 Å². The molecule has 7 rings (SSSR count). The topological polar surface area (TPSA) is 85.4 Å². The van der Waals surface area contributed by atoms with Crippen molar-refractivity contribution in [3.05, 3.63) is 89.0 Å². The van der Waals surface area contributed by atoms with Crippen molar-refractivity contribution in [1.82, 2.24) is 9.80 Å². The molecule has 5 aromatic heterocycles. The zero-order chi connectivity index (χ0) is 52.2. The van der Waals surface area contributed by atoms with Crippen LogP contribution in [0.5, 0.6) is 0 Å². The number of nitrogens with zero attached hydrogens (tertiary/aromatic N) is 2. The predicted octanol–water partition coefficient (Wildman–Crippen LogP) is 18.0. The third kappa shape index (κ3) is 14.1. The first-order valence-corrected chi connectivity index (χ1v) is 30.4. The van der Waals surface area contributed by atoms with Crippen LogP contribution in [0, 0.1) is 29.6 Å². The lowest BCUT2D eigenvalue weighted by molar-refractivity contribution is -0.124. The number of carbonyl (C=O) groups excluding carboxylic acids is 2. The average molecular weight is 1050 g/mol. The van der Waals surface area contributed by atoms with Crippen LogP contribution >= 0.6 is 34.0 Å². The first kappa shape index (κ1) is 56.7. The summed E-state index contributed by atoms with van der Waals surface area (Å²) in [4.78, 5) is 40.3. The molecule has 0 radical (unpaired) electrons. The SMILES string of the molecule is CCC(C)C1=C2C(=O)N(CCCOCCC(C)CCCC(C)C)C(c3ccc(-c4ccc(-c5ccc(-c6ccc(-c7ccc(C(C)(CC)CC)o7)s6)s5)s4)o3)=C2C(=O)N1CCCOCC[C@@H](C)CCCC(C)C. The summed E-state index contributed by atoms with van der Waals surface area (Å²) in [5, 5.41) is 0. The minimum atomic E-state index is -0.120. The van der Waals surface area contributed by atoms with Crippen molar-refractivity contribution in [3.63, 3.8) is 0 Å². The van der Waals surface area contributed by atoms with Gasteiger partial charge in [0, 0.05) is 70.1 Å². The Morgan fingerprint density at radius 2 is 0.959 bits per heavy atom. The van der Waals surface area contributed by atoms with Gasteiger partial charge in [0.2, 0.25) is 0 Å². The smallest absolute Gasteiger partial charge is 0.261 e. The second kappa shape index (κ2) is 26.7. The van der Waals surface area contributed by atoms with Gasteiger partial charge in [-0.25, -0.2) is 0 Å². The number of amides is 2. The van der Waals surface area contributed by atoms with E-state index in [4.69, 9.17) is 18.3 Å². The Balaban J connectivity index is 1.07. The normalized spacial score (nSPS) is 15.6. The molecular weight excluding hydrogens is 965 g/mol. The molecule has 73 heavy (non-hydrogen) atoms. The highest BCUT2D eigenvalue weighted by Crippen LogP contribution is 2.48. The Hall–Kier alpha value is -4.00. The van der Waals surface area contributed by atoms with Crippen molar-refractivity contribution >= 4 is 51.5 Å². The van der Waals surface area contributed by atoms with Gasteiger partial charge in [-0.05, 0) is 135 Å². The highest BCUT2D eigenvalue weighted by Gasteiger charge is 2.50. The van der Waals surface area contributed by atoms with Crippen molar-refractivity contribution in [2.75, 3.05) is 39.5 Å². The van der Waals surface area contributed by atoms with Gasteiger partial charge >= 0.3 is 0 Å². The number of hydrogen-bond donors (Lipinski definition) is 0. The highest BCUT2D eigenvalue weighted by atomic mass is 32.1. The molecule has 0 bridgehead atoms. The van der Waals surface area contributed by atoms with Crippen LogP contribution in [0.15, 0.2) is 86.3 Å². The molecule has 8 nitrogen and oxygen atoms in total. The Morgan fingerprint density at radius 3 is 1.47 bits per heavy atom. The zero-order valence-corrected chi connectivity index (χ0v) is 48.6. The molecule has 2 unspecified atom stereocenters. The fourth-order valence-corrected chi connectivity index (χ4v) is 13.2. The minimum absolute atomic E-state index is 0.0172. The molecule has 0 spiro atoms. The van der Waals surface area contributed by atoms with Gasteiger partial charge in [-0.2, -0.15) is 0 Å². The van der Waals surface area contributed by atoms with Crippen LogP contribution in [0.4, 0.5) is 0 Å². The van der Waals surface area contributed by atoms with Crippen LogP contribution in [0.25, 0.3) is 46.5 Å². The van der Waals surface area contributed by atoms with E-state index >= 15 is 0 Å². The summed E-state index contributed by atoms with van der Waals surface area (Å²) in [5.74, 6) is 5.74. The summed E-state index contributed by atoms with van der Waals surface area (Å²) in [6.45, 7) is 28.3. The maximum absolute atomic E-state index is 14.9. The van der Waals surface area contributed by atoms with Crippen LogP contribution in [-0.2, 0) is 24.5 Å². The van der Waals surface area contributed by atoms with Crippen molar-refractivity contribution in [2.24, 2.45) is 29.6 Å². The lowest BCUT2D eigenvalue weighted by atomic mass is 9.82. The molecule has 0 aliphatic carbocycles. The lowest BCUT2D eigenvalue weighted by Gasteiger charge is -2.27. The second-order valence-corrected chi connectivity index (χ2v) is 25.4. The third-order valence-electron chi connectivity index (χ3n) is 15.5. The Kier molecular flexibility index (Phi) is 20.7. The van der Waals surface area contributed by atoms with Crippen LogP contribution in [0.3, 0.4) is 0 Å². The van der Waals surface area contributed by atoms with E-state index in [9.17, 15) is 9.59 Å². The summed E-state index contributed by atoms with van der Waals surface area (Å²) in [5.41, 5.74) is 2.46. The van der Waals surface area contributed by atoms with Gasteiger partial charge in [0.1, 0.15) is 23.0 Å². The Morgan fingerprint density at radius 1 is 0.507 bits per heavy atom. The van der Waals surface area contributed by atoms with E-state index in [2.05, 4.69) is 125 Å². The number of furan rings is 2. The van der Waals surface area contributed by atoms with Gasteiger partial charge in [0.15, 0.2) is 5.76 Å². The number of thiophene rings is 3. The van der Waals surface area contributed by atoms with Crippen LogP contribution in [0.2, 0.25) is 0 Å². The molecule has 2 aliphatic rings. The third-order valence-corrected chi connectivity index (χ3v) is 19.2. The monoisotopic (exact) mass is 1050 g/mol. The highest BCUT2D eigenvalue weighted by molar-refractivity contribution is 7.27. The van der Waals surface area contributed by atoms with Crippen molar-refractivity contribution < 1.29 is 27.9 Å². The maximum atomic E-state index is 14.9. The quantitative estimate of drug-likeness (QED) is 0.0399.